The molecule has 9 nitrogen and oxygen atoms in total. The molecule has 2 aromatic rings. The number of rotatable bonds is 6. The number of nitrogens with zero attached hydrogens (tertiary/aromatic N) is 3. The van der Waals surface area contributed by atoms with E-state index < -0.39 is 0 Å². The SMILES string of the molecule is CNC[C@H]1Oc2c(NC(=O)c3cc(C)nn3C)cccc2C(=O)N([C@@H](C)CO)C[C@@H]1C. The molecule has 3 N–H and O–H groups in total. The minimum absolute atomic E-state index is 0.00188. The van der Waals surface area contributed by atoms with E-state index in [1.54, 1.807) is 36.2 Å². The number of nitrogens with one attached hydrogen (secondary N) is 2. The van der Waals surface area contributed by atoms with Crippen LogP contribution >= 0.6 is 0 Å². The first-order valence-corrected chi connectivity index (χ1v) is 10.4. The lowest BCUT2D eigenvalue weighted by molar-refractivity contribution is 0.0417. The van der Waals surface area contributed by atoms with Gasteiger partial charge in [0.2, 0.25) is 0 Å². The number of ether oxygens (including phenoxy) is 1. The van der Waals surface area contributed by atoms with Crippen LogP contribution in [0.4, 0.5) is 5.69 Å². The van der Waals surface area contributed by atoms with Crippen LogP contribution in [0.3, 0.4) is 0 Å². The lowest BCUT2D eigenvalue weighted by Crippen LogP contribution is -2.49. The molecule has 0 saturated heterocycles. The van der Waals surface area contributed by atoms with Crippen LogP contribution in [-0.4, -0.2) is 70.5 Å². The minimum Gasteiger partial charge on any atom is -0.486 e. The van der Waals surface area contributed by atoms with Crippen molar-refractivity contribution in [3.8, 4) is 5.75 Å². The van der Waals surface area contributed by atoms with Crippen LogP contribution in [0.1, 0.15) is 40.4 Å². The molecule has 2 amide bonds. The van der Waals surface area contributed by atoms with Gasteiger partial charge in [-0.1, -0.05) is 13.0 Å². The molecular formula is C22H31N5O4. The Labute approximate surface area is 182 Å². The van der Waals surface area contributed by atoms with E-state index in [0.717, 1.165) is 5.69 Å². The molecule has 168 valence electrons. The van der Waals surface area contributed by atoms with E-state index in [-0.39, 0.29) is 36.5 Å². The maximum absolute atomic E-state index is 13.4. The summed E-state index contributed by atoms with van der Waals surface area (Å²) in [6.07, 6.45) is -0.234. The first kappa shape index (κ1) is 22.8. The Morgan fingerprint density at radius 1 is 1.42 bits per heavy atom. The van der Waals surface area contributed by atoms with Crippen molar-refractivity contribution in [1.29, 1.82) is 0 Å². The molecule has 0 fully saturated rings. The molecule has 31 heavy (non-hydrogen) atoms. The number of aromatic nitrogens is 2. The van der Waals surface area contributed by atoms with Gasteiger partial charge in [0.1, 0.15) is 11.8 Å². The third-order valence-electron chi connectivity index (χ3n) is 5.58. The van der Waals surface area contributed by atoms with Gasteiger partial charge in [-0.05, 0) is 39.1 Å². The van der Waals surface area contributed by atoms with Crippen LogP contribution in [0.5, 0.6) is 5.75 Å². The number of hydrogen-bond donors (Lipinski definition) is 3. The summed E-state index contributed by atoms with van der Waals surface area (Å²) in [5.74, 6) is -0.240. The molecule has 9 heteroatoms. The van der Waals surface area contributed by atoms with Crippen LogP contribution in [-0.2, 0) is 7.05 Å². The maximum atomic E-state index is 13.4. The maximum Gasteiger partial charge on any atom is 0.274 e. The Morgan fingerprint density at radius 3 is 2.77 bits per heavy atom. The number of para-hydroxylation sites is 1. The van der Waals surface area contributed by atoms with E-state index >= 15 is 0 Å². The second-order valence-electron chi connectivity index (χ2n) is 8.11. The monoisotopic (exact) mass is 429 g/mol. The Balaban J connectivity index is 2.04. The molecule has 1 aliphatic rings. The summed E-state index contributed by atoms with van der Waals surface area (Å²) < 4.78 is 7.83. The zero-order valence-electron chi connectivity index (χ0n) is 18.7. The lowest BCUT2D eigenvalue weighted by atomic mass is 9.99. The summed E-state index contributed by atoms with van der Waals surface area (Å²) in [6.45, 7) is 6.53. The largest absolute Gasteiger partial charge is 0.486 e. The van der Waals surface area contributed by atoms with Crippen molar-refractivity contribution in [1.82, 2.24) is 20.0 Å². The van der Waals surface area contributed by atoms with Gasteiger partial charge in [-0.3, -0.25) is 14.3 Å². The van der Waals surface area contributed by atoms with Gasteiger partial charge in [0.25, 0.3) is 11.8 Å². The summed E-state index contributed by atoms with van der Waals surface area (Å²) in [7, 11) is 3.55. The second kappa shape index (κ2) is 9.49. The number of amides is 2. The molecule has 1 aromatic carbocycles. The molecule has 0 unspecified atom stereocenters. The number of fused-ring (bicyclic) bond motifs is 1. The minimum atomic E-state index is -0.341. The summed E-state index contributed by atoms with van der Waals surface area (Å²) in [5, 5.41) is 19.9. The van der Waals surface area contributed by atoms with Crippen molar-refractivity contribution in [3.63, 3.8) is 0 Å². The predicted molar refractivity (Wildman–Crippen MR) is 117 cm³/mol. The predicted octanol–water partition coefficient (Wildman–Crippen LogP) is 1.42. The average molecular weight is 430 g/mol. The number of aryl methyl sites for hydroxylation is 2. The first-order chi connectivity index (χ1) is 14.8. The fourth-order valence-corrected chi connectivity index (χ4v) is 3.80. The zero-order chi connectivity index (χ0) is 22.7. The van der Waals surface area contributed by atoms with E-state index in [9.17, 15) is 14.7 Å². The Morgan fingerprint density at radius 2 is 2.16 bits per heavy atom. The van der Waals surface area contributed by atoms with Crippen LogP contribution in [0.15, 0.2) is 24.3 Å². The molecule has 0 saturated carbocycles. The quantitative estimate of drug-likeness (QED) is 0.641. The van der Waals surface area contributed by atoms with Gasteiger partial charge in [-0.2, -0.15) is 5.10 Å². The molecule has 0 radical (unpaired) electrons. The highest BCUT2D eigenvalue weighted by Gasteiger charge is 2.34. The lowest BCUT2D eigenvalue weighted by Gasteiger charge is -2.37. The van der Waals surface area contributed by atoms with Gasteiger partial charge < -0.3 is 25.4 Å². The molecule has 1 aliphatic heterocycles. The zero-order valence-corrected chi connectivity index (χ0v) is 18.7. The Hall–Kier alpha value is -2.91. The molecule has 0 bridgehead atoms. The van der Waals surface area contributed by atoms with Crippen LogP contribution in [0.25, 0.3) is 0 Å². The Kier molecular flexibility index (Phi) is 6.97. The highest BCUT2D eigenvalue weighted by atomic mass is 16.5. The van der Waals surface area contributed by atoms with Crippen molar-refractivity contribution in [2.75, 3.05) is 32.1 Å². The van der Waals surface area contributed by atoms with Gasteiger partial charge >= 0.3 is 0 Å². The topological polar surface area (TPSA) is 109 Å². The molecule has 0 aliphatic carbocycles. The number of aliphatic hydroxyl groups excluding tert-OH is 1. The van der Waals surface area contributed by atoms with Gasteiger partial charge in [0.05, 0.1) is 29.6 Å². The first-order valence-electron chi connectivity index (χ1n) is 10.4. The summed E-state index contributed by atoms with van der Waals surface area (Å²) in [5.41, 5.74) is 1.91. The molecular weight excluding hydrogens is 398 g/mol. The van der Waals surface area contributed by atoms with Gasteiger partial charge in [0.15, 0.2) is 5.75 Å². The summed E-state index contributed by atoms with van der Waals surface area (Å²) >= 11 is 0. The summed E-state index contributed by atoms with van der Waals surface area (Å²) in [6, 6.07) is 6.47. The normalized spacial score (nSPS) is 19.8. The summed E-state index contributed by atoms with van der Waals surface area (Å²) in [4.78, 5) is 27.9. The number of anilines is 1. The number of hydrogen-bond acceptors (Lipinski definition) is 6. The van der Waals surface area contributed by atoms with Crippen LogP contribution < -0.4 is 15.4 Å². The second-order valence-corrected chi connectivity index (χ2v) is 8.11. The standard InChI is InChI=1S/C22H31N5O4/c1-13-11-27(15(3)12-28)22(30)16-7-6-8-17(20(16)31-19(13)10-23-4)24-21(29)18-9-14(2)25-26(18)5/h6-9,13,15,19,23,28H,10-12H2,1-5H3,(H,24,29)/t13-,15-,19+/m0/s1. The number of aliphatic hydroxyl groups is 1. The van der Waals surface area contributed by atoms with E-state index in [1.165, 1.54) is 4.68 Å². The average Bonchev–Trinajstić information content (AvgIpc) is 3.08. The number of carbonyl (C=O) groups excluding carboxylic acids is 2. The van der Waals surface area contributed by atoms with Gasteiger partial charge in [0, 0.05) is 26.1 Å². The smallest absolute Gasteiger partial charge is 0.274 e. The van der Waals surface area contributed by atoms with Crippen molar-refractivity contribution in [2.24, 2.45) is 13.0 Å². The highest BCUT2D eigenvalue weighted by molar-refractivity contribution is 6.06. The van der Waals surface area contributed by atoms with E-state index in [4.69, 9.17) is 4.74 Å². The molecule has 3 rings (SSSR count). The number of carbonyl (C=O) groups is 2. The van der Waals surface area contributed by atoms with E-state index in [0.29, 0.717) is 35.8 Å². The molecule has 3 atom stereocenters. The molecule has 0 spiro atoms. The van der Waals surface area contributed by atoms with Crippen molar-refractivity contribution in [3.05, 3.63) is 41.2 Å². The van der Waals surface area contributed by atoms with Crippen molar-refractivity contribution >= 4 is 17.5 Å². The third kappa shape index (κ3) is 4.72. The fourth-order valence-electron chi connectivity index (χ4n) is 3.80. The number of benzene rings is 1. The highest BCUT2D eigenvalue weighted by Crippen LogP contribution is 2.35. The van der Waals surface area contributed by atoms with Gasteiger partial charge in [-0.15, -0.1) is 0 Å². The third-order valence-corrected chi connectivity index (χ3v) is 5.58. The van der Waals surface area contributed by atoms with E-state index in [1.807, 2.05) is 27.8 Å². The van der Waals surface area contributed by atoms with Gasteiger partial charge in [-0.25, -0.2) is 0 Å². The van der Waals surface area contributed by atoms with Crippen LogP contribution in [0, 0.1) is 12.8 Å². The molecule has 2 heterocycles. The van der Waals surface area contributed by atoms with Crippen molar-refractivity contribution < 1.29 is 19.4 Å². The molecule has 1 aromatic heterocycles. The number of likely N-dealkylation sites (N-methyl/N-ethyl adjacent to an activating group) is 1. The fraction of sp³-hybridized carbons (Fsp3) is 0.500. The van der Waals surface area contributed by atoms with Crippen LogP contribution in [0.2, 0.25) is 0 Å². The van der Waals surface area contributed by atoms with Crippen molar-refractivity contribution in [2.45, 2.75) is 32.9 Å². The Bertz CT molecular complexity index is 957. The van der Waals surface area contributed by atoms with E-state index in [2.05, 4.69) is 15.7 Å².